The largest absolute Gasteiger partial charge is 0.466 e. The first kappa shape index (κ1) is 16.3. The molecule has 7 heteroatoms. The fourth-order valence-corrected chi connectivity index (χ4v) is 3.81. The van der Waals surface area contributed by atoms with Gasteiger partial charge < -0.3 is 9.64 Å². The Bertz CT molecular complexity index is 705. The van der Waals surface area contributed by atoms with Crippen LogP contribution < -0.4 is 0 Å². The molecule has 3 heterocycles. The molecule has 3 aliphatic heterocycles. The number of hydrogen-bond acceptors (Lipinski definition) is 4. The van der Waals surface area contributed by atoms with Gasteiger partial charge >= 0.3 is 5.97 Å². The second-order valence-corrected chi connectivity index (χ2v) is 6.65. The van der Waals surface area contributed by atoms with Crippen LogP contribution in [0.1, 0.15) is 25.3 Å². The second kappa shape index (κ2) is 5.80. The summed E-state index contributed by atoms with van der Waals surface area (Å²) in [6.45, 7) is 2.36. The van der Waals surface area contributed by atoms with Crippen LogP contribution in [0.2, 0.25) is 10.0 Å². The Morgan fingerprint density at radius 3 is 2.70 bits per heavy atom. The molecule has 5 nitrogen and oxygen atoms in total. The summed E-state index contributed by atoms with van der Waals surface area (Å²) in [7, 11) is 0. The van der Waals surface area contributed by atoms with Crippen molar-refractivity contribution in [2.24, 2.45) is 0 Å². The van der Waals surface area contributed by atoms with Gasteiger partial charge in [-0.05, 0) is 24.6 Å². The van der Waals surface area contributed by atoms with Crippen molar-refractivity contribution in [1.82, 2.24) is 4.90 Å². The maximum Gasteiger partial charge on any atom is 0.313 e. The molecule has 3 fully saturated rings. The van der Waals surface area contributed by atoms with E-state index in [1.54, 1.807) is 25.1 Å². The minimum atomic E-state index is -0.628. The van der Waals surface area contributed by atoms with Crippen LogP contribution in [-0.2, 0) is 24.5 Å². The van der Waals surface area contributed by atoms with Crippen molar-refractivity contribution in [3.8, 4) is 0 Å². The minimum Gasteiger partial charge on any atom is -0.466 e. The predicted octanol–water partition coefficient (Wildman–Crippen LogP) is 2.37. The Morgan fingerprint density at radius 1 is 1.35 bits per heavy atom. The fraction of sp³-hybridized carbons (Fsp3) is 0.438. The molecule has 1 aromatic carbocycles. The lowest BCUT2D eigenvalue weighted by Gasteiger charge is -2.48. The van der Waals surface area contributed by atoms with Gasteiger partial charge in [0.05, 0.1) is 16.7 Å². The van der Waals surface area contributed by atoms with Gasteiger partial charge in [0.1, 0.15) is 12.5 Å². The number of esters is 1. The van der Waals surface area contributed by atoms with Crippen molar-refractivity contribution in [2.45, 2.75) is 31.2 Å². The highest BCUT2D eigenvalue weighted by molar-refractivity contribution is 6.42. The Kier molecular flexibility index (Phi) is 4.10. The molecule has 122 valence electrons. The molecule has 0 aliphatic carbocycles. The molecule has 0 N–H and O–H groups in total. The van der Waals surface area contributed by atoms with Crippen LogP contribution in [0.4, 0.5) is 0 Å². The third-order valence-electron chi connectivity index (χ3n) is 4.50. The summed E-state index contributed by atoms with van der Waals surface area (Å²) in [5.41, 5.74) is 0.186. The average Bonchev–Trinajstić information content (AvgIpc) is 2.93. The average molecular weight is 356 g/mol. The molecule has 2 unspecified atom stereocenters. The van der Waals surface area contributed by atoms with E-state index in [2.05, 4.69) is 0 Å². The van der Waals surface area contributed by atoms with E-state index in [0.29, 0.717) is 16.6 Å². The smallest absolute Gasteiger partial charge is 0.313 e. The number of carbonyl (C=O) groups is 3. The second-order valence-electron chi connectivity index (χ2n) is 5.83. The Hall–Kier alpha value is -1.59. The summed E-state index contributed by atoms with van der Waals surface area (Å²) >= 11 is 12.0. The molecule has 3 saturated heterocycles. The summed E-state index contributed by atoms with van der Waals surface area (Å²) in [4.78, 5) is 37.7. The molecule has 0 saturated carbocycles. The lowest BCUT2D eigenvalue weighted by Crippen LogP contribution is -2.63. The number of amides is 1. The zero-order valence-corrected chi connectivity index (χ0v) is 14.0. The lowest BCUT2D eigenvalue weighted by atomic mass is 9.67. The van der Waals surface area contributed by atoms with Gasteiger partial charge in [0.2, 0.25) is 5.91 Å². The van der Waals surface area contributed by atoms with E-state index in [4.69, 9.17) is 27.9 Å². The van der Waals surface area contributed by atoms with E-state index in [0.717, 1.165) is 5.56 Å². The van der Waals surface area contributed by atoms with Crippen molar-refractivity contribution >= 4 is 40.9 Å². The normalized spacial score (nSPS) is 25.3. The van der Waals surface area contributed by atoms with E-state index < -0.39 is 17.4 Å². The number of rotatable bonds is 5. The molecule has 0 spiro atoms. The highest BCUT2D eigenvalue weighted by atomic mass is 35.5. The number of halogens is 2. The topological polar surface area (TPSA) is 63.7 Å². The van der Waals surface area contributed by atoms with Crippen molar-refractivity contribution in [3.05, 3.63) is 33.8 Å². The van der Waals surface area contributed by atoms with Gasteiger partial charge in [-0.1, -0.05) is 29.3 Å². The molecule has 2 atom stereocenters. The van der Waals surface area contributed by atoms with Crippen molar-refractivity contribution in [3.63, 3.8) is 0 Å². The van der Waals surface area contributed by atoms with Crippen molar-refractivity contribution in [1.29, 1.82) is 0 Å². The van der Waals surface area contributed by atoms with Gasteiger partial charge in [0, 0.05) is 18.4 Å². The quantitative estimate of drug-likeness (QED) is 0.600. The fourth-order valence-electron chi connectivity index (χ4n) is 3.51. The molecule has 1 amide bonds. The molecule has 3 aliphatic rings. The van der Waals surface area contributed by atoms with Crippen LogP contribution in [0, 0.1) is 0 Å². The number of ether oxygens (including phenoxy) is 1. The van der Waals surface area contributed by atoms with Crippen LogP contribution in [-0.4, -0.2) is 41.8 Å². The maximum atomic E-state index is 12.5. The third kappa shape index (κ3) is 2.52. The van der Waals surface area contributed by atoms with Gasteiger partial charge in [-0.15, -0.1) is 0 Å². The molecule has 4 rings (SSSR count). The first-order chi connectivity index (χ1) is 10.9. The highest BCUT2D eigenvalue weighted by Gasteiger charge is 2.65. The summed E-state index contributed by atoms with van der Waals surface area (Å²) in [5, 5.41) is 0.801. The van der Waals surface area contributed by atoms with Gasteiger partial charge in [-0.25, -0.2) is 0 Å². The lowest BCUT2D eigenvalue weighted by molar-refractivity contribution is -0.150. The van der Waals surface area contributed by atoms with E-state index in [-0.39, 0.29) is 31.1 Å². The molecule has 1 aromatic rings. The number of carbonyl (C=O) groups excluding carboxylic acids is 3. The van der Waals surface area contributed by atoms with Crippen LogP contribution >= 0.6 is 23.2 Å². The van der Waals surface area contributed by atoms with Crippen LogP contribution in [0.25, 0.3) is 0 Å². The van der Waals surface area contributed by atoms with Crippen LogP contribution in [0.15, 0.2) is 18.2 Å². The standard InChI is InChI=1S/C16H15Cl2NO4/c1-2-23-14(22)6-12(20)15-16(7-13(21)19(15)8-16)9-3-4-10(17)11(18)5-9/h3-5,15H,2,6-8H2,1H3. The molecule has 0 aromatic heterocycles. The summed E-state index contributed by atoms with van der Waals surface area (Å²) < 4.78 is 4.82. The molecular weight excluding hydrogens is 341 g/mol. The first-order valence-corrected chi connectivity index (χ1v) is 8.08. The molecular formula is C16H15Cl2NO4. The van der Waals surface area contributed by atoms with E-state index in [1.807, 2.05) is 0 Å². The molecule has 0 radical (unpaired) electrons. The van der Waals surface area contributed by atoms with Gasteiger partial charge in [-0.2, -0.15) is 0 Å². The number of fused-ring (bicyclic) bond motifs is 1. The number of ketones is 1. The SMILES string of the molecule is CCOC(=O)CC(=O)C1N2CC1(c1ccc(Cl)c(Cl)c1)CC2=O. The first-order valence-electron chi connectivity index (χ1n) is 7.32. The number of nitrogens with zero attached hydrogens (tertiary/aromatic N) is 1. The molecule has 2 bridgehead atoms. The van der Waals surface area contributed by atoms with Crippen LogP contribution in [0.3, 0.4) is 0 Å². The zero-order chi connectivity index (χ0) is 16.8. The van der Waals surface area contributed by atoms with Gasteiger partial charge in [0.15, 0.2) is 5.78 Å². The third-order valence-corrected chi connectivity index (χ3v) is 5.24. The van der Waals surface area contributed by atoms with Gasteiger partial charge in [0.25, 0.3) is 0 Å². The van der Waals surface area contributed by atoms with Crippen molar-refractivity contribution in [2.75, 3.05) is 13.2 Å². The summed E-state index contributed by atoms with van der Waals surface area (Å²) in [5.74, 6) is -0.952. The zero-order valence-electron chi connectivity index (χ0n) is 12.5. The molecule has 23 heavy (non-hydrogen) atoms. The maximum absolute atomic E-state index is 12.5. The summed E-state index contributed by atoms with van der Waals surface area (Å²) in [6, 6.07) is 4.52. The Balaban J connectivity index is 1.88. The number of Topliss-reactive ketones (excluding diaryl/α,β-unsaturated/α-hetero) is 1. The van der Waals surface area contributed by atoms with E-state index in [1.165, 1.54) is 4.90 Å². The Morgan fingerprint density at radius 2 is 2.09 bits per heavy atom. The predicted molar refractivity (Wildman–Crippen MR) is 84.5 cm³/mol. The minimum absolute atomic E-state index is 0.0849. The highest BCUT2D eigenvalue weighted by Crippen LogP contribution is 2.52. The monoisotopic (exact) mass is 355 g/mol. The number of hydrogen-bond donors (Lipinski definition) is 0. The van der Waals surface area contributed by atoms with Gasteiger partial charge in [-0.3, -0.25) is 14.4 Å². The van der Waals surface area contributed by atoms with Crippen molar-refractivity contribution < 1.29 is 19.1 Å². The van der Waals surface area contributed by atoms with E-state index in [9.17, 15) is 14.4 Å². The van der Waals surface area contributed by atoms with Crippen LogP contribution in [0.5, 0.6) is 0 Å². The summed E-state index contributed by atoms with van der Waals surface area (Å²) in [6.07, 6.45) is -0.0877. The van der Waals surface area contributed by atoms with E-state index >= 15 is 0 Å². The Labute approximate surface area is 143 Å². The number of benzene rings is 1.